The molecule has 2 aromatic carbocycles. The van der Waals surface area contributed by atoms with Gasteiger partial charge in [0.05, 0.1) is 10.6 Å². The smallest absolute Gasteiger partial charge is 0.324 e. The van der Waals surface area contributed by atoms with E-state index in [-0.39, 0.29) is 11.5 Å². The predicted molar refractivity (Wildman–Crippen MR) is 111 cm³/mol. The lowest BCUT2D eigenvalue weighted by molar-refractivity contribution is -0.148. The molecule has 3 aromatic rings. The van der Waals surface area contributed by atoms with Crippen molar-refractivity contribution < 1.29 is 17.9 Å². The van der Waals surface area contributed by atoms with Crippen molar-refractivity contribution in [1.29, 1.82) is 0 Å². The SMILES string of the molecule is Cc1ccc(S(=O)(=O)N2CCCC2C(=O)OCc2ccc(-n3cccn3)cc2)cc1. The molecule has 156 valence electrons. The second-order valence-electron chi connectivity index (χ2n) is 7.31. The summed E-state index contributed by atoms with van der Waals surface area (Å²) in [7, 11) is -3.74. The summed E-state index contributed by atoms with van der Waals surface area (Å²) in [4.78, 5) is 12.9. The van der Waals surface area contributed by atoms with Gasteiger partial charge in [-0.25, -0.2) is 13.1 Å². The van der Waals surface area contributed by atoms with Crippen LogP contribution in [0.4, 0.5) is 0 Å². The molecule has 0 bridgehead atoms. The molecule has 30 heavy (non-hydrogen) atoms. The van der Waals surface area contributed by atoms with E-state index in [0.29, 0.717) is 19.4 Å². The Morgan fingerprint density at radius 1 is 1.13 bits per heavy atom. The van der Waals surface area contributed by atoms with E-state index in [4.69, 9.17) is 4.74 Å². The minimum absolute atomic E-state index is 0.0904. The normalized spacial score (nSPS) is 17.2. The van der Waals surface area contributed by atoms with Gasteiger partial charge in [-0.15, -0.1) is 0 Å². The zero-order valence-corrected chi connectivity index (χ0v) is 17.5. The number of ether oxygens (including phenoxy) is 1. The summed E-state index contributed by atoms with van der Waals surface area (Å²) in [6.45, 7) is 2.30. The van der Waals surface area contributed by atoms with Crippen LogP contribution in [-0.2, 0) is 26.2 Å². The van der Waals surface area contributed by atoms with E-state index in [2.05, 4.69) is 5.10 Å². The molecule has 1 fully saturated rings. The Hall–Kier alpha value is -2.97. The summed E-state index contributed by atoms with van der Waals surface area (Å²) in [5, 5.41) is 4.17. The van der Waals surface area contributed by atoms with Crippen molar-refractivity contribution >= 4 is 16.0 Å². The van der Waals surface area contributed by atoms with Gasteiger partial charge >= 0.3 is 5.97 Å². The first-order valence-electron chi connectivity index (χ1n) is 9.79. The number of aryl methyl sites for hydroxylation is 1. The fourth-order valence-corrected chi connectivity index (χ4v) is 5.17. The largest absolute Gasteiger partial charge is 0.460 e. The third-order valence-corrected chi connectivity index (χ3v) is 7.11. The lowest BCUT2D eigenvalue weighted by atomic mass is 10.2. The Labute approximate surface area is 175 Å². The summed E-state index contributed by atoms with van der Waals surface area (Å²) in [6, 6.07) is 15.2. The highest BCUT2D eigenvalue weighted by Gasteiger charge is 2.40. The number of carbonyl (C=O) groups excluding carboxylic acids is 1. The lowest BCUT2D eigenvalue weighted by Gasteiger charge is -2.23. The molecule has 2 heterocycles. The van der Waals surface area contributed by atoms with E-state index >= 15 is 0 Å². The second-order valence-corrected chi connectivity index (χ2v) is 9.20. The summed E-state index contributed by atoms with van der Waals surface area (Å²) < 4.78 is 34.4. The van der Waals surface area contributed by atoms with Gasteiger partial charge in [0.25, 0.3) is 0 Å². The Morgan fingerprint density at radius 2 is 1.87 bits per heavy atom. The number of hydrogen-bond donors (Lipinski definition) is 0. The van der Waals surface area contributed by atoms with Crippen molar-refractivity contribution in [3.8, 4) is 5.69 Å². The molecule has 0 saturated carbocycles. The van der Waals surface area contributed by atoms with Crippen molar-refractivity contribution in [1.82, 2.24) is 14.1 Å². The molecular formula is C22H23N3O4S. The molecule has 1 saturated heterocycles. The van der Waals surface area contributed by atoms with Crippen LogP contribution in [0.2, 0.25) is 0 Å². The number of aromatic nitrogens is 2. The highest BCUT2D eigenvalue weighted by atomic mass is 32.2. The summed E-state index contributed by atoms with van der Waals surface area (Å²) in [5.41, 5.74) is 2.70. The number of nitrogens with zero attached hydrogens (tertiary/aromatic N) is 3. The molecule has 1 unspecified atom stereocenters. The number of rotatable bonds is 6. The van der Waals surface area contributed by atoms with Gasteiger partial charge in [0.2, 0.25) is 10.0 Å². The Kier molecular flexibility index (Phi) is 5.69. The number of esters is 1. The molecule has 7 nitrogen and oxygen atoms in total. The van der Waals surface area contributed by atoms with Crippen LogP contribution < -0.4 is 0 Å². The summed E-state index contributed by atoms with van der Waals surface area (Å²) in [6.07, 6.45) is 4.64. The van der Waals surface area contributed by atoms with Crippen molar-refractivity contribution in [3.63, 3.8) is 0 Å². The Bertz CT molecular complexity index is 1110. The Balaban J connectivity index is 1.42. The van der Waals surface area contributed by atoms with Crippen molar-refractivity contribution in [3.05, 3.63) is 78.1 Å². The van der Waals surface area contributed by atoms with Crippen LogP contribution in [0.3, 0.4) is 0 Å². The predicted octanol–water partition coefficient (Wildman–Crippen LogP) is 3.08. The van der Waals surface area contributed by atoms with E-state index in [1.54, 1.807) is 35.1 Å². The number of benzene rings is 2. The van der Waals surface area contributed by atoms with Crippen LogP contribution in [0.1, 0.15) is 24.0 Å². The summed E-state index contributed by atoms with van der Waals surface area (Å²) in [5.74, 6) is -0.515. The molecule has 8 heteroatoms. The maximum absolute atomic E-state index is 13.0. The van der Waals surface area contributed by atoms with Crippen molar-refractivity contribution in [2.45, 2.75) is 37.3 Å². The molecule has 1 atom stereocenters. The fourth-order valence-electron chi connectivity index (χ4n) is 3.53. The fraction of sp³-hybridized carbons (Fsp3) is 0.273. The van der Waals surface area contributed by atoms with Crippen LogP contribution in [0, 0.1) is 6.92 Å². The van der Waals surface area contributed by atoms with Gasteiger partial charge in [-0.1, -0.05) is 29.8 Å². The standard InChI is InChI=1S/C22H23N3O4S/c1-17-5-11-20(12-6-17)30(27,28)25-15-2-4-21(25)22(26)29-16-18-7-9-19(10-8-18)24-14-3-13-23-24/h3,5-14,21H,2,4,15-16H2,1H3. The van der Waals surface area contributed by atoms with Gasteiger partial charge in [0.1, 0.15) is 12.6 Å². The third kappa shape index (κ3) is 4.15. The molecule has 0 N–H and O–H groups in total. The van der Waals surface area contributed by atoms with Gasteiger partial charge in [-0.05, 0) is 55.7 Å². The zero-order valence-electron chi connectivity index (χ0n) is 16.6. The lowest BCUT2D eigenvalue weighted by Crippen LogP contribution is -2.41. The molecule has 0 aliphatic carbocycles. The first kappa shape index (κ1) is 20.3. The molecule has 1 aromatic heterocycles. The minimum Gasteiger partial charge on any atom is -0.460 e. The average Bonchev–Trinajstić information content (AvgIpc) is 3.45. The topological polar surface area (TPSA) is 81.5 Å². The first-order valence-corrected chi connectivity index (χ1v) is 11.2. The van der Waals surface area contributed by atoms with Crippen LogP contribution in [-0.4, -0.2) is 41.1 Å². The van der Waals surface area contributed by atoms with E-state index < -0.39 is 22.0 Å². The van der Waals surface area contributed by atoms with Gasteiger partial charge in [-0.2, -0.15) is 9.40 Å². The number of carbonyl (C=O) groups is 1. The van der Waals surface area contributed by atoms with Gasteiger partial charge < -0.3 is 4.74 Å². The molecular weight excluding hydrogens is 402 g/mol. The maximum Gasteiger partial charge on any atom is 0.324 e. The van der Waals surface area contributed by atoms with Gasteiger partial charge in [0.15, 0.2) is 0 Å². The zero-order chi connectivity index (χ0) is 21.1. The average molecular weight is 426 g/mol. The number of sulfonamides is 1. The molecule has 0 amide bonds. The van der Waals surface area contributed by atoms with Gasteiger partial charge in [-0.3, -0.25) is 4.79 Å². The second kappa shape index (κ2) is 8.41. The molecule has 1 aliphatic rings. The third-order valence-electron chi connectivity index (χ3n) is 5.19. The van der Waals surface area contributed by atoms with E-state index in [1.165, 1.54) is 4.31 Å². The Morgan fingerprint density at radius 3 is 2.53 bits per heavy atom. The highest BCUT2D eigenvalue weighted by Crippen LogP contribution is 2.27. The van der Waals surface area contributed by atoms with Crippen LogP contribution in [0.25, 0.3) is 5.69 Å². The first-order chi connectivity index (χ1) is 14.4. The monoisotopic (exact) mass is 425 g/mol. The molecule has 4 rings (SSSR count). The minimum atomic E-state index is -3.74. The highest BCUT2D eigenvalue weighted by molar-refractivity contribution is 7.89. The number of hydrogen-bond acceptors (Lipinski definition) is 5. The van der Waals surface area contributed by atoms with E-state index in [9.17, 15) is 13.2 Å². The van der Waals surface area contributed by atoms with E-state index in [0.717, 1.165) is 16.8 Å². The van der Waals surface area contributed by atoms with Crippen LogP contribution in [0.15, 0.2) is 71.9 Å². The van der Waals surface area contributed by atoms with Crippen molar-refractivity contribution in [2.75, 3.05) is 6.54 Å². The molecule has 1 aliphatic heterocycles. The summed E-state index contributed by atoms with van der Waals surface area (Å²) >= 11 is 0. The van der Waals surface area contributed by atoms with Crippen molar-refractivity contribution in [2.24, 2.45) is 0 Å². The molecule has 0 radical (unpaired) electrons. The molecule has 0 spiro atoms. The maximum atomic E-state index is 13.0. The van der Waals surface area contributed by atoms with E-state index in [1.807, 2.05) is 43.5 Å². The van der Waals surface area contributed by atoms with Crippen LogP contribution in [0.5, 0.6) is 0 Å². The van der Waals surface area contributed by atoms with Crippen LogP contribution >= 0.6 is 0 Å². The quantitative estimate of drug-likeness (QED) is 0.567. The van der Waals surface area contributed by atoms with Gasteiger partial charge in [0, 0.05) is 18.9 Å².